The van der Waals surface area contributed by atoms with Gasteiger partial charge in [0.2, 0.25) is 0 Å². The second-order valence-electron chi connectivity index (χ2n) is 2.82. The molecule has 0 amide bonds. The molecule has 1 N–H and O–H groups in total. The molecular weight excluding hydrogens is 202 g/mol. The van der Waals surface area contributed by atoms with Crippen molar-refractivity contribution in [2.75, 3.05) is 21.3 Å². The van der Waals surface area contributed by atoms with Crippen molar-refractivity contribution in [1.82, 2.24) is 5.32 Å². The van der Waals surface area contributed by atoms with Gasteiger partial charge in [-0.05, 0) is 13.1 Å². The van der Waals surface area contributed by atoms with Crippen LogP contribution in [0.5, 0.6) is 11.5 Å². The molecule has 1 aromatic carbocycles. The molecule has 14 heavy (non-hydrogen) atoms. The highest BCUT2D eigenvalue weighted by Gasteiger charge is 2.09. The van der Waals surface area contributed by atoms with E-state index in [4.69, 9.17) is 21.1 Å². The maximum absolute atomic E-state index is 6.07. The fraction of sp³-hybridized carbons (Fsp3) is 0.400. The molecule has 0 heterocycles. The van der Waals surface area contributed by atoms with Crippen LogP contribution in [0.25, 0.3) is 0 Å². The molecule has 0 aliphatic carbocycles. The molecule has 1 aromatic rings. The van der Waals surface area contributed by atoms with Crippen LogP contribution in [0.2, 0.25) is 5.02 Å². The zero-order valence-electron chi connectivity index (χ0n) is 8.56. The average molecular weight is 216 g/mol. The Hall–Kier alpha value is -0.930. The van der Waals surface area contributed by atoms with Crippen molar-refractivity contribution in [3.8, 4) is 11.5 Å². The fourth-order valence-corrected chi connectivity index (χ4v) is 1.50. The molecule has 0 aliphatic rings. The molecule has 1 rings (SSSR count). The molecule has 0 aliphatic heterocycles. The predicted molar refractivity (Wildman–Crippen MR) is 57.3 cm³/mol. The standard InChI is InChI=1S/C10H14ClNO2/c1-12-6-8-9(11)4-7(13-2)5-10(8)14-3/h4-5,12H,6H2,1-3H3. The maximum Gasteiger partial charge on any atom is 0.128 e. The number of methoxy groups -OCH3 is 2. The molecule has 0 radical (unpaired) electrons. The Morgan fingerprint density at radius 2 is 2.00 bits per heavy atom. The summed E-state index contributed by atoms with van der Waals surface area (Å²) in [6.07, 6.45) is 0. The first-order valence-electron chi connectivity index (χ1n) is 4.28. The van der Waals surface area contributed by atoms with E-state index in [-0.39, 0.29) is 0 Å². The summed E-state index contributed by atoms with van der Waals surface area (Å²) in [5.41, 5.74) is 0.942. The Labute approximate surface area is 89.0 Å². The summed E-state index contributed by atoms with van der Waals surface area (Å²) in [6.45, 7) is 0.673. The summed E-state index contributed by atoms with van der Waals surface area (Å²) < 4.78 is 10.3. The highest BCUT2D eigenvalue weighted by Crippen LogP contribution is 2.31. The number of ether oxygens (including phenoxy) is 2. The van der Waals surface area contributed by atoms with E-state index in [0.29, 0.717) is 17.3 Å². The Kier molecular flexibility index (Phi) is 4.04. The smallest absolute Gasteiger partial charge is 0.128 e. The monoisotopic (exact) mass is 215 g/mol. The number of rotatable bonds is 4. The van der Waals surface area contributed by atoms with E-state index in [2.05, 4.69) is 5.32 Å². The lowest BCUT2D eigenvalue weighted by Crippen LogP contribution is -2.07. The van der Waals surface area contributed by atoms with E-state index in [9.17, 15) is 0 Å². The summed E-state index contributed by atoms with van der Waals surface area (Å²) in [5, 5.41) is 3.68. The lowest BCUT2D eigenvalue weighted by atomic mass is 10.2. The summed E-state index contributed by atoms with van der Waals surface area (Å²) in [6, 6.07) is 3.59. The average Bonchev–Trinajstić information content (AvgIpc) is 2.20. The van der Waals surface area contributed by atoms with Crippen LogP contribution in [0.3, 0.4) is 0 Å². The van der Waals surface area contributed by atoms with Crippen LogP contribution in [0.15, 0.2) is 12.1 Å². The summed E-state index contributed by atoms with van der Waals surface area (Å²) in [4.78, 5) is 0. The van der Waals surface area contributed by atoms with E-state index in [1.165, 1.54) is 0 Å². The predicted octanol–water partition coefficient (Wildman–Crippen LogP) is 2.08. The molecule has 0 atom stereocenters. The summed E-state index contributed by atoms with van der Waals surface area (Å²) in [5.74, 6) is 1.44. The maximum atomic E-state index is 6.07. The SMILES string of the molecule is CNCc1c(Cl)cc(OC)cc1OC. The van der Waals surface area contributed by atoms with Gasteiger partial charge in [-0.2, -0.15) is 0 Å². The summed E-state index contributed by atoms with van der Waals surface area (Å²) >= 11 is 6.07. The first-order chi connectivity index (χ1) is 6.72. The molecule has 0 unspecified atom stereocenters. The zero-order chi connectivity index (χ0) is 10.6. The van der Waals surface area contributed by atoms with Crippen molar-refractivity contribution in [2.45, 2.75) is 6.54 Å². The molecule has 0 bridgehead atoms. The van der Waals surface area contributed by atoms with Gasteiger partial charge >= 0.3 is 0 Å². The van der Waals surface area contributed by atoms with Crippen LogP contribution in [0.1, 0.15) is 5.56 Å². The van der Waals surface area contributed by atoms with Gasteiger partial charge in [-0.3, -0.25) is 0 Å². The van der Waals surface area contributed by atoms with Gasteiger partial charge in [0.05, 0.1) is 19.2 Å². The second kappa shape index (κ2) is 5.08. The highest BCUT2D eigenvalue weighted by molar-refractivity contribution is 6.31. The second-order valence-corrected chi connectivity index (χ2v) is 3.23. The molecule has 0 spiro atoms. The van der Waals surface area contributed by atoms with Gasteiger partial charge < -0.3 is 14.8 Å². The van der Waals surface area contributed by atoms with Gasteiger partial charge in [0.25, 0.3) is 0 Å². The number of hydrogen-bond acceptors (Lipinski definition) is 3. The van der Waals surface area contributed by atoms with Gasteiger partial charge in [0, 0.05) is 18.2 Å². The Morgan fingerprint density at radius 3 is 2.50 bits per heavy atom. The third-order valence-corrected chi connectivity index (χ3v) is 2.27. The van der Waals surface area contributed by atoms with Gasteiger partial charge in [-0.1, -0.05) is 11.6 Å². The van der Waals surface area contributed by atoms with Crippen molar-refractivity contribution in [2.24, 2.45) is 0 Å². The number of benzene rings is 1. The Bertz CT molecular complexity index is 315. The minimum absolute atomic E-state index is 0.649. The lowest BCUT2D eigenvalue weighted by molar-refractivity contribution is 0.390. The van der Waals surface area contributed by atoms with Crippen molar-refractivity contribution >= 4 is 11.6 Å². The van der Waals surface area contributed by atoms with E-state index in [1.54, 1.807) is 20.3 Å². The highest BCUT2D eigenvalue weighted by atomic mass is 35.5. The van der Waals surface area contributed by atoms with Crippen molar-refractivity contribution in [1.29, 1.82) is 0 Å². The third-order valence-electron chi connectivity index (χ3n) is 1.94. The van der Waals surface area contributed by atoms with Crippen LogP contribution >= 0.6 is 11.6 Å². The van der Waals surface area contributed by atoms with E-state index >= 15 is 0 Å². The number of halogens is 1. The fourth-order valence-electron chi connectivity index (χ4n) is 1.24. The van der Waals surface area contributed by atoms with Crippen LogP contribution in [-0.2, 0) is 6.54 Å². The largest absolute Gasteiger partial charge is 0.497 e. The molecule has 3 nitrogen and oxygen atoms in total. The van der Waals surface area contributed by atoms with Crippen molar-refractivity contribution < 1.29 is 9.47 Å². The number of hydrogen-bond donors (Lipinski definition) is 1. The minimum Gasteiger partial charge on any atom is -0.497 e. The van der Waals surface area contributed by atoms with Gasteiger partial charge in [-0.25, -0.2) is 0 Å². The summed E-state index contributed by atoms with van der Waals surface area (Å²) in [7, 11) is 5.08. The van der Waals surface area contributed by atoms with Gasteiger partial charge in [0.15, 0.2) is 0 Å². The van der Waals surface area contributed by atoms with Crippen molar-refractivity contribution in [3.63, 3.8) is 0 Å². The normalized spacial score (nSPS) is 10.0. The van der Waals surface area contributed by atoms with E-state index in [0.717, 1.165) is 11.3 Å². The number of nitrogens with one attached hydrogen (secondary N) is 1. The van der Waals surface area contributed by atoms with E-state index < -0.39 is 0 Å². The Balaban J connectivity index is 3.13. The molecule has 0 aromatic heterocycles. The molecule has 4 heteroatoms. The topological polar surface area (TPSA) is 30.5 Å². The van der Waals surface area contributed by atoms with Crippen LogP contribution in [-0.4, -0.2) is 21.3 Å². The quantitative estimate of drug-likeness (QED) is 0.834. The minimum atomic E-state index is 0.649. The van der Waals surface area contributed by atoms with Crippen LogP contribution < -0.4 is 14.8 Å². The molecule has 0 fully saturated rings. The zero-order valence-corrected chi connectivity index (χ0v) is 9.31. The first-order valence-corrected chi connectivity index (χ1v) is 4.65. The van der Waals surface area contributed by atoms with Crippen LogP contribution in [0.4, 0.5) is 0 Å². The van der Waals surface area contributed by atoms with Crippen molar-refractivity contribution in [3.05, 3.63) is 22.7 Å². The van der Waals surface area contributed by atoms with E-state index in [1.807, 2.05) is 13.1 Å². The Morgan fingerprint density at radius 1 is 1.29 bits per heavy atom. The molecular formula is C10H14ClNO2. The molecule has 0 saturated carbocycles. The molecule has 0 saturated heterocycles. The molecule has 78 valence electrons. The third kappa shape index (κ3) is 2.30. The lowest BCUT2D eigenvalue weighted by Gasteiger charge is -2.11. The van der Waals surface area contributed by atoms with Crippen LogP contribution in [0, 0.1) is 0 Å². The first kappa shape index (κ1) is 11.1. The van der Waals surface area contributed by atoms with Gasteiger partial charge in [0.1, 0.15) is 11.5 Å². The van der Waals surface area contributed by atoms with Gasteiger partial charge in [-0.15, -0.1) is 0 Å².